The van der Waals surface area contributed by atoms with E-state index in [2.05, 4.69) is 55.0 Å². The minimum Gasteiger partial charge on any atom is -0.396 e. The molecule has 2 rings (SSSR count). The van der Waals surface area contributed by atoms with Gasteiger partial charge in [0.1, 0.15) is 5.82 Å². The molecular weight excluding hydrogens is 236 g/mol. The van der Waals surface area contributed by atoms with Crippen LogP contribution in [0.1, 0.15) is 31.2 Å². The van der Waals surface area contributed by atoms with Crippen molar-refractivity contribution in [3.05, 3.63) is 47.9 Å². The molecule has 1 heterocycles. The number of aliphatic hydroxyl groups is 1. The van der Waals surface area contributed by atoms with Gasteiger partial charge >= 0.3 is 0 Å². The molecule has 0 saturated carbocycles. The van der Waals surface area contributed by atoms with Crippen LogP contribution < -0.4 is 0 Å². The summed E-state index contributed by atoms with van der Waals surface area (Å²) in [7, 11) is 0. The van der Waals surface area contributed by atoms with Crippen molar-refractivity contribution in [1.82, 2.24) is 9.97 Å². The number of hydrogen-bond acceptors (Lipinski definition) is 3. The average molecular weight is 256 g/mol. The highest BCUT2D eigenvalue weighted by molar-refractivity contribution is 5.58. The predicted molar refractivity (Wildman–Crippen MR) is 76.9 cm³/mol. The normalized spacial score (nSPS) is 12.7. The first-order valence-electron chi connectivity index (χ1n) is 6.62. The van der Waals surface area contributed by atoms with Gasteiger partial charge in [-0.15, -0.1) is 0 Å². The Balaban J connectivity index is 2.36. The lowest BCUT2D eigenvalue weighted by Gasteiger charge is -2.17. The second-order valence-corrected chi connectivity index (χ2v) is 5.20. The van der Waals surface area contributed by atoms with E-state index in [0.717, 1.165) is 17.1 Å². The van der Waals surface area contributed by atoms with Gasteiger partial charge in [-0.05, 0) is 18.9 Å². The molecule has 0 bridgehead atoms. The molecule has 3 heteroatoms. The highest BCUT2D eigenvalue weighted by atomic mass is 16.3. The van der Waals surface area contributed by atoms with Gasteiger partial charge < -0.3 is 5.11 Å². The Morgan fingerprint density at radius 3 is 2.37 bits per heavy atom. The lowest BCUT2D eigenvalue weighted by molar-refractivity contribution is 0.232. The number of aliphatic hydroxyl groups excluding tert-OH is 1. The van der Waals surface area contributed by atoms with E-state index in [0.29, 0.717) is 5.92 Å². The zero-order chi connectivity index (χ0) is 13.8. The molecule has 1 N–H and O–H groups in total. The summed E-state index contributed by atoms with van der Waals surface area (Å²) < 4.78 is 0. The van der Waals surface area contributed by atoms with Crippen LogP contribution in [0.15, 0.2) is 36.5 Å². The molecule has 0 fully saturated rings. The monoisotopic (exact) mass is 256 g/mol. The minimum atomic E-state index is -0.00889. The van der Waals surface area contributed by atoms with E-state index in [9.17, 15) is 5.11 Å². The van der Waals surface area contributed by atoms with Crippen molar-refractivity contribution in [2.24, 2.45) is 5.92 Å². The third-order valence-electron chi connectivity index (χ3n) is 3.35. The lowest BCUT2D eigenvalue weighted by Crippen LogP contribution is -2.14. The Kier molecular flexibility index (Phi) is 4.27. The van der Waals surface area contributed by atoms with Gasteiger partial charge in [0.2, 0.25) is 0 Å². The summed E-state index contributed by atoms with van der Waals surface area (Å²) in [5.41, 5.74) is 3.22. The van der Waals surface area contributed by atoms with Crippen molar-refractivity contribution in [1.29, 1.82) is 0 Å². The molecular formula is C16H20N2O. The Bertz CT molecular complexity index is 535. The molecule has 19 heavy (non-hydrogen) atoms. The summed E-state index contributed by atoms with van der Waals surface area (Å²) in [6.45, 7) is 6.29. The summed E-state index contributed by atoms with van der Waals surface area (Å²) in [6.07, 6.45) is 1.77. The first-order chi connectivity index (χ1) is 9.11. The maximum atomic E-state index is 9.47. The molecule has 0 aliphatic heterocycles. The van der Waals surface area contributed by atoms with E-state index in [1.54, 1.807) is 6.20 Å². The molecule has 0 radical (unpaired) electrons. The van der Waals surface area contributed by atoms with E-state index in [-0.39, 0.29) is 12.5 Å². The van der Waals surface area contributed by atoms with Crippen LogP contribution in [0, 0.1) is 12.8 Å². The third kappa shape index (κ3) is 3.18. The van der Waals surface area contributed by atoms with Gasteiger partial charge in [-0.2, -0.15) is 0 Å². The standard InChI is InChI=1S/C16H20N2O/c1-11(2)14(10-19)16-17-9-8-15(18-16)13-6-4-12(3)5-7-13/h4-9,11,14,19H,10H2,1-3H3. The molecule has 1 atom stereocenters. The molecule has 0 amide bonds. The van der Waals surface area contributed by atoms with Crippen molar-refractivity contribution in [2.45, 2.75) is 26.7 Å². The second-order valence-electron chi connectivity index (χ2n) is 5.20. The summed E-state index contributed by atoms with van der Waals surface area (Å²) >= 11 is 0. The third-order valence-corrected chi connectivity index (χ3v) is 3.35. The van der Waals surface area contributed by atoms with Crippen LogP contribution in [-0.4, -0.2) is 21.7 Å². The zero-order valence-corrected chi connectivity index (χ0v) is 11.7. The van der Waals surface area contributed by atoms with E-state index in [1.165, 1.54) is 5.56 Å². The fourth-order valence-corrected chi connectivity index (χ4v) is 2.03. The highest BCUT2D eigenvalue weighted by Gasteiger charge is 2.18. The summed E-state index contributed by atoms with van der Waals surface area (Å²) in [5.74, 6) is 1.03. The van der Waals surface area contributed by atoms with Crippen molar-refractivity contribution < 1.29 is 5.11 Å². The number of aryl methyl sites for hydroxylation is 1. The summed E-state index contributed by atoms with van der Waals surface area (Å²) in [4.78, 5) is 8.90. The van der Waals surface area contributed by atoms with E-state index >= 15 is 0 Å². The summed E-state index contributed by atoms with van der Waals surface area (Å²) in [5, 5.41) is 9.47. The number of aromatic nitrogens is 2. The van der Waals surface area contributed by atoms with Gasteiger partial charge in [-0.3, -0.25) is 0 Å². The van der Waals surface area contributed by atoms with Crippen LogP contribution in [0.25, 0.3) is 11.3 Å². The molecule has 1 unspecified atom stereocenters. The maximum Gasteiger partial charge on any atom is 0.134 e. The topological polar surface area (TPSA) is 46.0 Å². The smallest absolute Gasteiger partial charge is 0.134 e. The average Bonchev–Trinajstić information content (AvgIpc) is 2.40. The maximum absolute atomic E-state index is 9.47. The van der Waals surface area contributed by atoms with Crippen LogP contribution >= 0.6 is 0 Å². The first-order valence-corrected chi connectivity index (χ1v) is 6.62. The zero-order valence-electron chi connectivity index (χ0n) is 11.7. The highest BCUT2D eigenvalue weighted by Crippen LogP contribution is 2.23. The van der Waals surface area contributed by atoms with Gasteiger partial charge in [-0.1, -0.05) is 43.7 Å². The van der Waals surface area contributed by atoms with Crippen LogP contribution in [0.5, 0.6) is 0 Å². The van der Waals surface area contributed by atoms with Crippen molar-refractivity contribution in [3.8, 4) is 11.3 Å². The van der Waals surface area contributed by atoms with Crippen molar-refractivity contribution in [3.63, 3.8) is 0 Å². The van der Waals surface area contributed by atoms with Crippen LogP contribution in [0.4, 0.5) is 0 Å². The Labute approximate surface area is 114 Å². The van der Waals surface area contributed by atoms with E-state index < -0.39 is 0 Å². The van der Waals surface area contributed by atoms with Crippen LogP contribution in [0.3, 0.4) is 0 Å². The minimum absolute atomic E-state index is 0.00889. The quantitative estimate of drug-likeness (QED) is 0.913. The van der Waals surface area contributed by atoms with Gasteiger partial charge in [0, 0.05) is 17.7 Å². The van der Waals surface area contributed by atoms with E-state index in [4.69, 9.17) is 0 Å². The largest absolute Gasteiger partial charge is 0.396 e. The fourth-order valence-electron chi connectivity index (χ4n) is 2.03. The van der Waals surface area contributed by atoms with Gasteiger partial charge in [-0.25, -0.2) is 9.97 Å². The summed E-state index contributed by atoms with van der Waals surface area (Å²) in [6, 6.07) is 10.2. The number of benzene rings is 1. The SMILES string of the molecule is Cc1ccc(-c2ccnc(C(CO)C(C)C)n2)cc1. The Hall–Kier alpha value is -1.74. The molecule has 1 aromatic heterocycles. The van der Waals surface area contributed by atoms with Gasteiger partial charge in [0.15, 0.2) is 0 Å². The number of rotatable bonds is 4. The second kappa shape index (κ2) is 5.93. The number of hydrogen-bond donors (Lipinski definition) is 1. The number of nitrogens with zero attached hydrogens (tertiary/aromatic N) is 2. The molecule has 100 valence electrons. The van der Waals surface area contributed by atoms with Gasteiger partial charge in [0.25, 0.3) is 0 Å². The molecule has 0 spiro atoms. The van der Waals surface area contributed by atoms with Crippen molar-refractivity contribution in [2.75, 3.05) is 6.61 Å². The van der Waals surface area contributed by atoms with E-state index in [1.807, 2.05) is 6.07 Å². The first kappa shape index (κ1) is 13.7. The Morgan fingerprint density at radius 1 is 1.11 bits per heavy atom. The fraction of sp³-hybridized carbons (Fsp3) is 0.375. The van der Waals surface area contributed by atoms with Crippen LogP contribution in [-0.2, 0) is 0 Å². The van der Waals surface area contributed by atoms with Crippen LogP contribution in [0.2, 0.25) is 0 Å². The Morgan fingerprint density at radius 2 is 1.79 bits per heavy atom. The predicted octanol–water partition coefficient (Wildman–Crippen LogP) is 3.18. The molecule has 1 aromatic carbocycles. The molecule has 0 saturated heterocycles. The van der Waals surface area contributed by atoms with Crippen molar-refractivity contribution >= 4 is 0 Å². The van der Waals surface area contributed by atoms with Gasteiger partial charge in [0.05, 0.1) is 12.3 Å². The molecule has 0 aliphatic carbocycles. The lowest BCUT2D eigenvalue weighted by atomic mass is 9.96. The molecule has 3 nitrogen and oxygen atoms in total. The molecule has 0 aliphatic rings. The molecule has 2 aromatic rings.